The zero-order valence-electron chi connectivity index (χ0n) is 11.5. The molecule has 0 aliphatic rings. The molecule has 0 saturated heterocycles. The highest BCUT2D eigenvalue weighted by Crippen LogP contribution is 2.29. The number of aromatic nitrogens is 4. The van der Waals surface area contributed by atoms with Crippen LogP contribution < -0.4 is 4.74 Å². The van der Waals surface area contributed by atoms with Crippen LogP contribution in [0.1, 0.15) is 16.4 Å². The van der Waals surface area contributed by atoms with E-state index in [0.717, 1.165) is 11.3 Å². The molecule has 3 aromatic rings. The van der Waals surface area contributed by atoms with Crippen LogP contribution >= 0.6 is 0 Å². The average Bonchev–Trinajstić information content (AvgIpc) is 3.15. The van der Waals surface area contributed by atoms with Crippen molar-refractivity contribution in [3.8, 4) is 22.8 Å². The molecule has 0 fully saturated rings. The third-order valence-electron chi connectivity index (χ3n) is 3.02. The maximum absolute atomic E-state index is 10.7. The van der Waals surface area contributed by atoms with Crippen LogP contribution in [-0.2, 0) is 0 Å². The second-order valence-electron chi connectivity index (χ2n) is 4.38. The van der Waals surface area contributed by atoms with E-state index in [4.69, 9.17) is 9.15 Å². The number of hydrogen-bond acceptors (Lipinski definition) is 6. The smallest absolute Gasteiger partial charge is 0.185 e. The fraction of sp³-hybridized carbons (Fsp3) is 0.143. The van der Waals surface area contributed by atoms with Crippen molar-refractivity contribution >= 4 is 6.29 Å². The van der Waals surface area contributed by atoms with Gasteiger partial charge in [0.1, 0.15) is 11.5 Å². The molecule has 0 unspecified atom stereocenters. The van der Waals surface area contributed by atoms with Gasteiger partial charge in [-0.15, -0.1) is 5.10 Å². The number of furan rings is 1. The highest BCUT2D eigenvalue weighted by Gasteiger charge is 2.11. The summed E-state index contributed by atoms with van der Waals surface area (Å²) in [6, 6.07) is 8.84. The first kappa shape index (κ1) is 13.0. The number of carbonyl (C=O) groups excluding carboxylic acids is 1. The van der Waals surface area contributed by atoms with Gasteiger partial charge >= 0.3 is 0 Å². The monoisotopic (exact) mass is 284 g/mol. The van der Waals surface area contributed by atoms with Crippen molar-refractivity contribution in [3.63, 3.8) is 0 Å². The van der Waals surface area contributed by atoms with Gasteiger partial charge in [0.2, 0.25) is 0 Å². The highest BCUT2D eigenvalue weighted by molar-refractivity contribution is 5.73. The van der Waals surface area contributed by atoms with Crippen molar-refractivity contribution in [1.29, 1.82) is 0 Å². The first-order valence-corrected chi connectivity index (χ1v) is 6.21. The Balaban J connectivity index is 2.13. The van der Waals surface area contributed by atoms with Gasteiger partial charge in [0.25, 0.3) is 0 Å². The molecule has 0 aliphatic heterocycles. The molecule has 0 N–H and O–H groups in total. The quantitative estimate of drug-likeness (QED) is 0.682. The molecule has 106 valence electrons. The number of hydrogen-bond donors (Lipinski definition) is 0. The molecule has 7 heteroatoms. The molecule has 7 nitrogen and oxygen atoms in total. The Hall–Kier alpha value is -2.96. The summed E-state index contributed by atoms with van der Waals surface area (Å²) in [5.74, 6) is 2.14. The predicted octanol–water partition coefficient (Wildman–Crippen LogP) is 2.05. The summed E-state index contributed by atoms with van der Waals surface area (Å²) >= 11 is 0. The Morgan fingerprint density at radius 2 is 2.14 bits per heavy atom. The van der Waals surface area contributed by atoms with Crippen molar-refractivity contribution in [2.75, 3.05) is 7.11 Å². The minimum absolute atomic E-state index is 0.271. The molecule has 2 heterocycles. The summed E-state index contributed by atoms with van der Waals surface area (Å²) in [6.07, 6.45) is 0.663. The van der Waals surface area contributed by atoms with Crippen LogP contribution in [0, 0.1) is 6.92 Å². The Kier molecular flexibility index (Phi) is 3.23. The van der Waals surface area contributed by atoms with E-state index in [1.165, 1.54) is 0 Å². The van der Waals surface area contributed by atoms with E-state index in [1.807, 2.05) is 18.2 Å². The van der Waals surface area contributed by atoms with Crippen molar-refractivity contribution in [2.45, 2.75) is 6.92 Å². The fourth-order valence-corrected chi connectivity index (χ4v) is 2.01. The van der Waals surface area contributed by atoms with E-state index < -0.39 is 0 Å². The Labute approximate surface area is 120 Å². The minimum atomic E-state index is 0.271. The summed E-state index contributed by atoms with van der Waals surface area (Å²) < 4.78 is 12.3. The van der Waals surface area contributed by atoms with Crippen LogP contribution in [0.3, 0.4) is 0 Å². The van der Waals surface area contributed by atoms with Gasteiger partial charge in [-0.3, -0.25) is 4.79 Å². The number of tetrazole rings is 1. The molecule has 2 aromatic heterocycles. The lowest BCUT2D eigenvalue weighted by Gasteiger charge is -2.08. The molecule has 21 heavy (non-hydrogen) atoms. The summed E-state index contributed by atoms with van der Waals surface area (Å²) in [4.78, 5) is 10.7. The van der Waals surface area contributed by atoms with Crippen molar-refractivity contribution in [1.82, 2.24) is 20.2 Å². The summed E-state index contributed by atoms with van der Waals surface area (Å²) in [7, 11) is 1.58. The lowest BCUT2D eigenvalue weighted by atomic mass is 10.1. The topological polar surface area (TPSA) is 83.0 Å². The number of methoxy groups -OCH3 is 1. The fourth-order valence-electron chi connectivity index (χ4n) is 2.01. The molecular weight excluding hydrogens is 272 g/mol. The van der Waals surface area contributed by atoms with Gasteiger partial charge in [0, 0.05) is 11.6 Å². The van der Waals surface area contributed by atoms with Gasteiger partial charge in [0.15, 0.2) is 17.9 Å². The van der Waals surface area contributed by atoms with Crippen molar-refractivity contribution in [2.24, 2.45) is 0 Å². The van der Waals surface area contributed by atoms with E-state index in [2.05, 4.69) is 15.5 Å². The molecule has 0 aliphatic carbocycles. The molecular formula is C14H12N4O3. The molecule has 0 saturated carbocycles. The first-order valence-electron chi connectivity index (χ1n) is 6.21. The van der Waals surface area contributed by atoms with E-state index in [1.54, 1.807) is 30.8 Å². The number of benzene rings is 1. The zero-order chi connectivity index (χ0) is 14.8. The third-order valence-corrected chi connectivity index (χ3v) is 3.02. The lowest BCUT2D eigenvalue weighted by molar-refractivity contribution is 0.110. The van der Waals surface area contributed by atoms with Gasteiger partial charge in [-0.2, -0.15) is 4.68 Å². The van der Waals surface area contributed by atoms with E-state index >= 15 is 0 Å². The predicted molar refractivity (Wildman–Crippen MR) is 73.5 cm³/mol. The van der Waals surface area contributed by atoms with Crippen molar-refractivity contribution in [3.05, 3.63) is 41.9 Å². The summed E-state index contributed by atoms with van der Waals surface area (Å²) in [5.41, 5.74) is 1.52. The van der Waals surface area contributed by atoms with Crippen LogP contribution in [-0.4, -0.2) is 33.6 Å². The molecule has 0 amide bonds. The van der Waals surface area contributed by atoms with Crippen LogP contribution in [0.5, 0.6) is 5.75 Å². The maximum Gasteiger partial charge on any atom is 0.185 e. The molecule has 0 bridgehead atoms. The molecule has 3 rings (SSSR count). The second kappa shape index (κ2) is 5.20. The van der Waals surface area contributed by atoms with Crippen LogP contribution in [0.4, 0.5) is 0 Å². The number of nitrogens with zero attached hydrogens (tertiary/aromatic N) is 4. The number of aryl methyl sites for hydroxylation is 1. The number of aldehydes is 1. The van der Waals surface area contributed by atoms with Gasteiger partial charge in [-0.05, 0) is 41.6 Å². The maximum atomic E-state index is 10.7. The Morgan fingerprint density at radius 3 is 2.76 bits per heavy atom. The second-order valence-corrected chi connectivity index (χ2v) is 4.38. The SMILES string of the molecule is COc1cc(-c2ccc(C=O)o2)cc(-n2nnnc2C)c1. The van der Waals surface area contributed by atoms with E-state index in [9.17, 15) is 4.79 Å². The minimum Gasteiger partial charge on any atom is -0.497 e. The van der Waals surface area contributed by atoms with E-state index in [0.29, 0.717) is 23.6 Å². The molecule has 0 spiro atoms. The Morgan fingerprint density at radius 1 is 1.29 bits per heavy atom. The third kappa shape index (κ3) is 2.40. The first-order chi connectivity index (χ1) is 10.2. The zero-order valence-corrected chi connectivity index (χ0v) is 11.5. The number of rotatable bonds is 4. The van der Waals surface area contributed by atoms with Gasteiger partial charge in [0.05, 0.1) is 12.8 Å². The Bertz CT molecular complexity index is 791. The van der Waals surface area contributed by atoms with Crippen LogP contribution in [0.25, 0.3) is 17.0 Å². The normalized spacial score (nSPS) is 10.6. The van der Waals surface area contributed by atoms with Crippen LogP contribution in [0.15, 0.2) is 34.7 Å². The molecule has 1 aromatic carbocycles. The van der Waals surface area contributed by atoms with Gasteiger partial charge in [-0.25, -0.2) is 0 Å². The highest BCUT2D eigenvalue weighted by atomic mass is 16.5. The standard InChI is InChI=1S/C14H12N4O3/c1-9-15-16-17-18(9)11-5-10(6-13(7-11)20-2)14-4-3-12(8-19)21-14/h3-8H,1-2H3. The summed E-state index contributed by atoms with van der Waals surface area (Å²) in [6.45, 7) is 1.80. The van der Waals surface area contributed by atoms with E-state index in [-0.39, 0.29) is 5.76 Å². The molecule has 0 radical (unpaired) electrons. The number of ether oxygens (including phenoxy) is 1. The average molecular weight is 284 g/mol. The van der Waals surface area contributed by atoms with Crippen molar-refractivity contribution < 1.29 is 13.9 Å². The van der Waals surface area contributed by atoms with Crippen LogP contribution in [0.2, 0.25) is 0 Å². The van der Waals surface area contributed by atoms with Gasteiger partial charge < -0.3 is 9.15 Å². The molecule has 0 atom stereocenters. The lowest BCUT2D eigenvalue weighted by Crippen LogP contribution is -2.00. The number of carbonyl (C=O) groups is 1. The largest absolute Gasteiger partial charge is 0.497 e. The summed E-state index contributed by atoms with van der Waals surface area (Å²) in [5, 5.41) is 11.4. The van der Waals surface area contributed by atoms with Gasteiger partial charge in [-0.1, -0.05) is 0 Å².